The zero-order chi connectivity index (χ0) is 19.5. The van der Waals surface area contributed by atoms with E-state index in [2.05, 4.69) is 22.0 Å². The smallest absolute Gasteiger partial charge is 0.323 e. The number of piperidine rings is 1. The number of Topliss-reactive ketones (excluding diaryl/α,β-unsaturated/α-hetero) is 1. The van der Waals surface area contributed by atoms with Crippen LogP contribution in [0.3, 0.4) is 0 Å². The minimum atomic E-state index is -0.396. The Morgan fingerprint density at radius 3 is 2.82 bits per heavy atom. The van der Waals surface area contributed by atoms with E-state index >= 15 is 0 Å². The maximum Gasteiger partial charge on any atom is 0.323 e. The molecule has 2 fully saturated rings. The number of para-hydroxylation sites is 1. The van der Waals surface area contributed by atoms with Crippen LogP contribution in [0.1, 0.15) is 49.4 Å². The number of aromatic nitrogens is 1. The van der Waals surface area contributed by atoms with E-state index in [-0.39, 0.29) is 29.4 Å². The third-order valence-electron chi connectivity index (χ3n) is 7.23. The van der Waals surface area contributed by atoms with E-state index in [0.717, 1.165) is 24.8 Å². The van der Waals surface area contributed by atoms with Crippen LogP contribution in [0, 0.1) is 0 Å². The van der Waals surface area contributed by atoms with Gasteiger partial charge in [-0.2, -0.15) is 0 Å². The maximum atomic E-state index is 12.8. The second-order valence-electron chi connectivity index (χ2n) is 8.34. The van der Waals surface area contributed by atoms with Gasteiger partial charge in [0.15, 0.2) is 0 Å². The molecule has 148 valence electrons. The number of esters is 1. The molecule has 28 heavy (non-hydrogen) atoms. The molecule has 0 bridgehead atoms. The number of fused-ring (bicyclic) bond motifs is 7. The lowest BCUT2D eigenvalue weighted by Gasteiger charge is -2.57. The minimum Gasteiger partial charge on any atom is -0.468 e. The average molecular weight is 382 g/mol. The standard InChI is InChI=1S/C22H26N2O4/c1-27-21(26)18-12-15-14-5-3-4-6-16(14)23-20(15)17-8-10-22(28-2)9-7-13(25)11-19(22)24(17)18/h3-6,17-19,23H,7-12H2,1-2H3. The lowest BCUT2D eigenvalue weighted by Crippen LogP contribution is -2.66. The van der Waals surface area contributed by atoms with E-state index in [4.69, 9.17) is 9.47 Å². The summed E-state index contributed by atoms with van der Waals surface area (Å²) < 4.78 is 11.2. The Hall–Kier alpha value is -2.18. The summed E-state index contributed by atoms with van der Waals surface area (Å²) in [7, 11) is 3.19. The molecular formula is C22H26N2O4. The largest absolute Gasteiger partial charge is 0.468 e. The zero-order valence-corrected chi connectivity index (χ0v) is 16.4. The summed E-state index contributed by atoms with van der Waals surface area (Å²) in [6.07, 6.45) is 4.10. The van der Waals surface area contributed by atoms with Gasteiger partial charge in [0, 0.05) is 49.0 Å². The number of H-pyrrole nitrogens is 1. The van der Waals surface area contributed by atoms with Crippen molar-refractivity contribution in [3.05, 3.63) is 35.5 Å². The first-order valence-electron chi connectivity index (χ1n) is 10.1. The van der Waals surface area contributed by atoms with Crippen molar-refractivity contribution in [1.29, 1.82) is 0 Å². The molecule has 1 N–H and O–H groups in total. The highest BCUT2D eigenvalue weighted by Crippen LogP contribution is 2.51. The van der Waals surface area contributed by atoms with Crippen molar-refractivity contribution >= 4 is 22.7 Å². The van der Waals surface area contributed by atoms with Gasteiger partial charge in [-0.1, -0.05) is 18.2 Å². The SMILES string of the molecule is COC(=O)C1Cc2c([nH]c3ccccc23)C2CCC3(OC)CCC(=O)CC3N12. The van der Waals surface area contributed by atoms with Crippen molar-refractivity contribution in [3.63, 3.8) is 0 Å². The molecule has 3 heterocycles. The van der Waals surface area contributed by atoms with Crippen LogP contribution in [-0.2, 0) is 25.5 Å². The number of methoxy groups -OCH3 is 2. The molecule has 6 heteroatoms. The van der Waals surface area contributed by atoms with Crippen LogP contribution in [0.5, 0.6) is 0 Å². The fourth-order valence-corrected chi connectivity index (χ4v) is 5.87. The van der Waals surface area contributed by atoms with Crippen LogP contribution < -0.4 is 0 Å². The second kappa shape index (κ2) is 6.42. The number of rotatable bonds is 2. The Labute approximate surface area is 164 Å². The number of benzene rings is 1. The molecule has 0 radical (unpaired) electrons. The number of ketones is 1. The van der Waals surface area contributed by atoms with Gasteiger partial charge in [-0.25, -0.2) is 0 Å². The van der Waals surface area contributed by atoms with Crippen LogP contribution in [0.4, 0.5) is 0 Å². The van der Waals surface area contributed by atoms with Gasteiger partial charge in [0.2, 0.25) is 0 Å². The lowest BCUT2D eigenvalue weighted by atomic mass is 9.69. The van der Waals surface area contributed by atoms with Gasteiger partial charge in [-0.15, -0.1) is 0 Å². The summed E-state index contributed by atoms with van der Waals surface area (Å²) in [5.74, 6) is 0.0234. The van der Waals surface area contributed by atoms with Crippen LogP contribution in [0.15, 0.2) is 24.3 Å². The molecule has 0 amide bonds. The van der Waals surface area contributed by atoms with Crippen molar-refractivity contribution in [3.8, 4) is 0 Å². The number of nitrogens with zero attached hydrogens (tertiary/aromatic N) is 1. The topological polar surface area (TPSA) is 71.6 Å². The van der Waals surface area contributed by atoms with Crippen LogP contribution in [0.25, 0.3) is 10.9 Å². The first kappa shape index (κ1) is 17.9. The fourth-order valence-electron chi connectivity index (χ4n) is 5.87. The highest BCUT2D eigenvalue weighted by Gasteiger charge is 2.56. The molecule has 4 atom stereocenters. The quantitative estimate of drug-likeness (QED) is 0.809. The second-order valence-corrected chi connectivity index (χ2v) is 8.34. The molecule has 6 nitrogen and oxygen atoms in total. The normalized spacial score (nSPS) is 32.5. The molecule has 5 rings (SSSR count). The van der Waals surface area contributed by atoms with Crippen molar-refractivity contribution in [2.75, 3.05) is 14.2 Å². The molecule has 3 aliphatic rings. The predicted octanol–water partition coefficient (Wildman–Crippen LogP) is 2.91. The molecule has 1 aromatic heterocycles. The third-order valence-corrected chi connectivity index (χ3v) is 7.23. The molecular weight excluding hydrogens is 356 g/mol. The Bertz CT molecular complexity index is 951. The predicted molar refractivity (Wildman–Crippen MR) is 104 cm³/mol. The average Bonchev–Trinajstić information content (AvgIpc) is 3.11. The number of nitrogens with one attached hydrogen (secondary N) is 1. The van der Waals surface area contributed by atoms with E-state index in [0.29, 0.717) is 19.3 Å². The maximum absolute atomic E-state index is 12.8. The summed E-state index contributed by atoms with van der Waals surface area (Å²) in [6, 6.07) is 7.83. The van der Waals surface area contributed by atoms with E-state index in [1.54, 1.807) is 7.11 Å². The van der Waals surface area contributed by atoms with Crippen LogP contribution in [0.2, 0.25) is 0 Å². The Morgan fingerprint density at radius 2 is 2.04 bits per heavy atom. The number of hydrogen-bond acceptors (Lipinski definition) is 5. The lowest BCUT2D eigenvalue weighted by molar-refractivity contribution is -0.179. The Balaban J connectivity index is 1.66. The zero-order valence-electron chi connectivity index (χ0n) is 16.4. The van der Waals surface area contributed by atoms with Crippen molar-refractivity contribution in [2.45, 2.75) is 62.3 Å². The van der Waals surface area contributed by atoms with Crippen molar-refractivity contribution in [1.82, 2.24) is 9.88 Å². The molecule has 1 saturated heterocycles. The summed E-state index contributed by atoms with van der Waals surface area (Å²) in [5.41, 5.74) is 3.13. The van der Waals surface area contributed by atoms with Gasteiger partial charge in [0.1, 0.15) is 11.8 Å². The van der Waals surface area contributed by atoms with Crippen LogP contribution in [-0.4, -0.2) is 53.5 Å². The fraction of sp³-hybridized carbons (Fsp3) is 0.545. The summed E-state index contributed by atoms with van der Waals surface area (Å²) >= 11 is 0. The molecule has 0 spiro atoms. The molecule has 4 unspecified atom stereocenters. The monoisotopic (exact) mass is 382 g/mol. The number of hydrogen-bond donors (Lipinski definition) is 1. The molecule has 2 aromatic rings. The summed E-state index contributed by atoms with van der Waals surface area (Å²) in [5, 5.41) is 1.18. The van der Waals surface area contributed by atoms with Gasteiger partial charge >= 0.3 is 5.97 Å². The van der Waals surface area contributed by atoms with Crippen molar-refractivity contribution < 1.29 is 19.1 Å². The van der Waals surface area contributed by atoms with Gasteiger partial charge in [-0.05, 0) is 30.9 Å². The number of carbonyl (C=O) groups excluding carboxylic acids is 2. The van der Waals surface area contributed by atoms with Gasteiger partial charge in [0.05, 0.1) is 18.8 Å². The van der Waals surface area contributed by atoms with Crippen LogP contribution >= 0.6 is 0 Å². The van der Waals surface area contributed by atoms with E-state index in [1.165, 1.54) is 23.8 Å². The van der Waals surface area contributed by atoms with Gasteiger partial charge in [0.25, 0.3) is 0 Å². The summed E-state index contributed by atoms with van der Waals surface area (Å²) in [4.78, 5) is 31.1. The number of aromatic amines is 1. The first-order valence-corrected chi connectivity index (χ1v) is 10.1. The highest BCUT2D eigenvalue weighted by atomic mass is 16.5. The Kier molecular flexibility index (Phi) is 4.10. The van der Waals surface area contributed by atoms with Crippen molar-refractivity contribution in [2.24, 2.45) is 0 Å². The third kappa shape index (κ3) is 2.40. The Morgan fingerprint density at radius 1 is 1.21 bits per heavy atom. The number of carbonyl (C=O) groups is 2. The summed E-state index contributed by atoms with van der Waals surface area (Å²) in [6.45, 7) is 0. The number of ether oxygens (including phenoxy) is 2. The molecule has 1 saturated carbocycles. The van der Waals surface area contributed by atoms with E-state index < -0.39 is 6.04 Å². The van der Waals surface area contributed by atoms with E-state index in [1.807, 2.05) is 12.1 Å². The first-order chi connectivity index (χ1) is 13.6. The van der Waals surface area contributed by atoms with Gasteiger partial charge < -0.3 is 14.5 Å². The molecule has 2 aliphatic heterocycles. The van der Waals surface area contributed by atoms with E-state index in [9.17, 15) is 9.59 Å². The molecule has 1 aliphatic carbocycles. The van der Waals surface area contributed by atoms with Gasteiger partial charge in [-0.3, -0.25) is 14.5 Å². The highest BCUT2D eigenvalue weighted by molar-refractivity contribution is 5.87. The molecule has 1 aromatic carbocycles. The minimum absolute atomic E-state index is 0.0689.